The number of carbonyl (C=O) groups excluding carboxylic acids is 1. The van der Waals surface area contributed by atoms with Gasteiger partial charge in [0.15, 0.2) is 0 Å². The highest BCUT2D eigenvalue weighted by molar-refractivity contribution is 7.98. The number of carbonyl (C=O) groups is 1. The van der Waals surface area contributed by atoms with E-state index in [0.717, 1.165) is 12.1 Å². The van der Waals surface area contributed by atoms with Gasteiger partial charge in [0.25, 0.3) is 0 Å². The van der Waals surface area contributed by atoms with Crippen molar-refractivity contribution in [3.8, 4) is 5.69 Å². The second-order valence-electron chi connectivity index (χ2n) is 6.18. The third kappa shape index (κ3) is 5.40. The highest BCUT2D eigenvalue weighted by Gasteiger charge is 2.27. The first-order valence-electron chi connectivity index (χ1n) is 8.81. The first kappa shape index (κ1) is 21.9. The van der Waals surface area contributed by atoms with Crippen LogP contribution in [-0.4, -0.2) is 52.6 Å². The summed E-state index contributed by atoms with van der Waals surface area (Å²) in [4.78, 5) is 12.3. The van der Waals surface area contributed by atoms with Gasteiger partial charge in [-0.3, -0.25) is 4.79 Å². The molecule has 3 rings (SSSR count). The lowest BCUT2D eigenvalue weighted by Gasteiger charge is -2.18. The van der Waals surface area contributed by atoms with Crippen molar-refractivity contribution in [2.45, 2.75) is 17.4 Å². The van der Waals surface area contributed by atoms with Crippen molar-refractivity contribution in [3.05, 3.63) is 60.7 Å². The van der Waals surface area contributed by atoms with Crippen LogP contribution in [0.15, 0.2) is 59.8 Å². The van der Waals surface area contributed by atoms with E-state index < -0.39 is 32.7 Å². The van der Waals surface area contributed by atoms with Crippen LogP contribution < -0.4 is 10.0 Å². The van der Waals surface area contributed by atoms with Gasteiger partial charge in [0, 0.05) is 5.69 Å². The molecule has 0 unspecified atom stereocenters. The van der Waals surface area contributed by atoms with Crippen molar-refractivity contribution < 1.29 is 17.6 Å². The Balaban J connectivity index is 1.79. The molecule has 158 valence electrons. The number of aromatic nitrogens is 4. The monoisotopic (exact) mass is 450 g/mol. The average molecular weight is 451 g/mol. The van der Waals surface area contributed by atoms with Gasteiger partial charge in [-0.2, -0.15) is 16.5 Å². The van der Waals surface area contributed by atoms with Crippen LogP contribution >= 0.6 is 11.8 Å². The molecule has 2 aromatic carbocycles. The van der Waals surface area contributed by atoms with Gasteiger partial charge in [0.2, 0.25) is 15.9 Å². The Hall–Kier alpha value is -2.83. The number of benzene rings is 2. The SMILES string of the molecule is CSCC[C@@H](NS(=O)(=O)c1ccccc1F)C(=O)Nc1cccc(-n2cnnn2)c1. The van der Waals surface area contributed by atoms with E-state index in [9.17, 15) is 17.6 Å². The highest BCUT2D eigenvalue weighted by Crippen LogP contribution is 2.17. The summed E-state index contributed by atoms with van der Waals surface area (Å²) in [6.07, 6.45) is 3.48. The van der Waals surface area contributed by atoms with Crippen molar-refractivity contribution >= 4 is 33.4 Å². The van der Waals surface area contributed by atoms with Crippen LogP contribution in [0.25, 0.3) is 5.69 Å². The summed E-state index contributed by atoms with van der Waals surface area (Å²) >= 11 is 1.46. The molecule has 12 heteroatoms. The molecule has 0 fully saturated rings. The van der Waals surface area contributed by atoms with E-state index in [1.165, 1.54) is 34.9 Å². The predicted molar refractivity (Wildman–Crippen MR) is 111 cm³/mol. The zero-order chi connectivity index (χ0) is 21.6. The molecule has 0 spiro atoms. The topological polar surface area (TPSA) is 119 Å². The van der Waals surface area contributed by atoms with Crippen molar-refractivity contribution in [1.29, 1.82) is 0 Å². The van der Waals surface area contributed by atoms with Crippen LogP contribution in [0.3, 0.4) is 0 Å². The fourth-order valence-electron chi connectivity index (χ4n) is 2.63. The lowest BCUT2D eigenvalue weighted by atomic mass is 10.2. The minimum atomic E-state index is -4.23. The van der Waals surface area contributed by atoms with E-state index in [0.29, 0.717) is 17.1 Å². The van der Waals surface area contributed by atoms with E-state index in [1.54, 1.807) is 24.3 Å². The van der Waals surface area contributed by atoms with Gasteiger partial charge in [-0.25, -0.2) is 17.5 Å². The third-order valence-corrected chi connectivity index (χ3v) is 6.23. The molecular formula is C18H19FN6O3S2. The molecule has 0 radical (unpaired) electrons. The van der Waals surface area contributed by atoms with Crippen molar-refractivity contribution in [3.63, 3.8) is 0 Å². The lowest BCUT2D eigenvalue weighted by molar-refractivity contribution is -0.117. The van der Waals surface area contributed by atoms with Crippen molar-refractivity contribution in [2.24, 2.45) is 0 Å². The fraction of sp³-hybridized carbons (Fsp3) is 0.222. The van der Waals surface area contributed by atoms with Gasteiger partial charge in [-0.1, -0.05) is 18.2 Å². The van der Waals surface area contributed by atoms with Gasteiger partial charge in [-0.05, 0) is 59.2 Å². The minimum absolute atomic E-state index is 0.230. The molecule has 1 atom stereocenters. The summed E-state index contributed by atoms with van der Waals surface area (Å²) in [7, 11) is -4.23. The maximum absolute atomic E-state index is 14.0. The summed E-state index contributed by atoms with van der Waals surface area (Å²) < 4.78 is 43.0. The Kier molecular flexibility index (Phi) is 7.13. The largest absolute Gasteiger partial charge is 0.325 e. The van der Waals surface area contributed by atoms with Gasteiger partial charge in [-0.15, -0.1) is 5.10 Å². The fourth-order valence-corrected chi connectivity index (χ4v) is 4.41. The number of amides is 1. The van der Waals surface area contributed by atoms with Crippen LogP contribution in [0.1, 0.15) is 6.42 Å². The number of hydrogen-bond donors (Lipinski definition) is 2. The van der Waals surface area contributed by atoms with Gasteiger partial charge >= 0.3 is 0 Å². The second kappa shape index (κ2) is 9.78. The van der Waals surface area contributed by atoms with Crippen LogP contribution in [-0.2, 0) is 14.8 Å². The average Bonchev–Trinajstić information content (AvgIpc) is 3.26. The van der Waals surface area contributed by atoms with E-state index in [-0.39, 0.29) is 6.42 Å². The number of anilines is 1. The Morgan fingerprint density at radius 1 is 1.23 bits per heavy atom. The molecule has 3 aromatic rings. The summed E-state index contributed by atoms with van der Waals surface area (Å²) in [6, 6.07) is 10.7. The Labute approximate surface area is 177 Å². The Morgan fingerprint density at radius 3 is 2.73 bits per heavy atom. The van der Waals surface area contributed by atoms with Gasteiger partial charge < -0.3 is 5.32 Å². The number of tetrazole rings is 1. The number of sulfonamides is 1. The van der Waals surface area contributed by atoms with Crippen molar-refractivity contribution in [2.75, 3.05) is 17.3 Å². The molecular weight excluding hydrogens is 431 g/mol. The van der Waals surface area contributed by atoms with E-state index in [4.69, 9.17) is 0 Å². The minimum Gasteiger partial charge on any atom is -0.325 e. The quantitative estimate of drug-likeness (QED) is 0.511. The summed E-state index contributed by atoms with van der Waals surface area (Å²) in [6.45, 7) is 0. The zero-order valence-corrected chi connectivity index (χ0v) is 17.5. The molecule has 2 N–H and O–H groups in total. The highest BCUT2D eigenvalue weighted by atomic mass is 32.2. The molecule has 0 aliphatic rings. The second-order valence-corrected chi connectivity index (χ2v) is 8.85. The van der Waals surface area contributed by atoms with Gasteiger partial charge in [0.05, 0.1) is 5.69 Å². The number of nitrogens with one attached hydrogen (secondary N) is 2. The zero-order valence-electron chi connectivity index (χ0n) is 15.9. The molecule has 0 saturated carbocycles. The first-order valence-corrected chi connectivity index (χ1v) is 11.7. The third-order valence-electron chi connectivity index (χ3n) is 4.08. The maximum atomic E-state index is 14.0. The smallest absolute Gasteiger partial charge is 0.244 e. The molecule has 1 amide bonds. The molecule has 1 heterocycles. The molecule has 0 saturated heterocycles. The number of halogens is 1. The number of nitrogens with zero attached hydrogens (tertiary/aromatic N) is 4. The van der Waals surface area contributed by atoms with Crippen molar-refractivity contribution in [1.82, 2.24) is 24.9 Å². The number of rotatable bonds is 9. The number of thioether (sulfide) groups is 1. The van der Waals surface area contributed by atoms with Crippen LogP contribution in [0.5, 0.6) is 0 Å². The summed E-state index contributed by atoms with van der Waals surface area (Å²) in [5.74, 6) is -0.913. The molecule has 0 bridgehead atoms. The Morgan fingerprint density at radius 2 is 2.03 bits per heavy atom. The summed E-state index contributed by atoms with van der Waals surface area (Å²) in [5, 5.41) is 13.6. The molecule has 0 aliphatic heterocycles. The van der Waals surface area contributed by atoms with Gasteiger partial charge in [0.1, 0.15) is 23.1 Å². The van der Waals surface area contributed by atoms with E-state index >= 15 is 0 Å². The normalized spacial score (nSPS) is 12.5. The number of hydrogen-bond acceptors (Lipinski definition) is 7. The standard InChI is InChI=1S/C18H19FN6O3S2/c1-29-10-9-16(22-30(27,28)17-8-3-2-7-15(17)19)18(26)21-13-5-4-6-14(11-13)25-12-20-23-24-25/h2-8,11-12,16,22H,9-10H2,1H3,(H,21,26)/t16-/m1/s1. The van der Waals surface area contributed by atoms with Crippen LogP contribution in [0.2, 0.25) is 0 Å². The molecule has 9 nitrogen and oxygen atoms in total. The molecule has 1 aromatic heterocycles. The van der Waals surface area contributed by atoms with E-state index in [1.807, 2.05) is 6.26 Å². The predicted octanol–water partition coefficient (Wildman–Crippen LogP) is 1.84. The Bertz CT molecular complexity index is 1110. The maximum Gasteiger partial charge on any atom is 0.244 e. The summed E-state index contributed by atoms with van der Waals surface area (Å²) in [5.41, 5.74) is 1.05. The lowest BCUT2D eigenvalue weighted by Crippen LogP contribution is -2.44. The van der Waals surface area contributed by atoms with E-state index in [2.05, 4.69) is 25.6 Å². The van der Waals surface area contributed by atoms with Crippen LogP contribution in [0.4, 0.5) is 10.1 Å². The molecule has 0 aliphatic carbocycles. The first-order chi connectivity index (χ1) is 14.4. The van der Waals surface area contributed by atoms with Crippen LogP contribution in [0, 0.1) is 5.82 Å². The molecule has 30 heavy (non-hydrogen) atoms.